The predicted octanol–water partition coefficient (Wildman–Crippen LogP) is 0.795. The largest absolute Gasteiger partial charge is 0.377 e. The van der Waals surface area contributed by atoms with Crippen molar-refractivity contribution in [1.82, 2.24) is 25.1 Å². The summed E-state index contributed by atoms with van der Waals surface area (Å²) in [4.78, 5) is 43.0. The summed E-state index contributed by atoms with van der Waals surface area (Å²) >= 11 is 6.13. The Labute approximate surface area is 175 Å². The van der Waals surface area contributed by atoms with Gasteiger partial charge in [-0.25, -0.2) is 14.8 Å². The molecule has 0 bridgehead atoms. The SMILES string of the molecule is CCNC(=O)N1C2CN(Cc3ccc(Cl)cc3N(C)C)C(=O)CN2C(=O)CN1C. The first kappa shape index (κ1) is 21.2. The smallest absolute Gasteiger partial charge is 0.333 e. The summed E-state index contributed by atoms with van der Waals surface area (Å²) in [7, 11) is 5.54. The summed E-state index contributed by atoms with van der Waals surface area (Å²) in [6, 6.07) is 5.27. The molecule has 158 valence electrons. The summed E-state index contributed by atoms with van der Waals surface area (Å²) < 4.78 is 0. The predicted molar refractivity (Wildman–Crippen MR) is 110 cm³/mol. The molecule has 2 aliphatic heterocycles. The van der Waals surface area contributed by atoms with E-state index in [1.807, 2.05) is 38.1 Å². The van der Waals surface area contributed by atoms with Crippen molar-refractivity contribution < 1.29 is 14.4 Å². The maximum atomic E-state index is 12.8. The number of nitrogens with one attached hydrogen (secondary N) is 1. The molecule has 9 nitrogen and oxygen atoms in total. The van der Waals surface area contributed by atoms with Gasteiger partial charge in [-0.3, -0.25) is 9.59 Å². The lowest BCUT2D eigenvalue weighted by Crippen LogP contribution is -2.73. The standard InChI is InChI=1S/C19H27ClN6O3/c1-5-21-19(29)26-16-10-24(17(27)12-25(16)18(28)11-23(26)4)9-13-6-7-14(20)8-15(13)22(2)3/h6-8,16H,5,9-12H2,1-4H3,(H,21,29). The number of rotatable bonds is 4. The monoisotopic (exact) mass is 422 g/mol. The van der Waals surface area contributed by atoms with Crippen LogP contribution < -0.4 is 10.2 Å². The molecule has 1 aromatic rings. The lowest BCUT2D eigenvalue weighted by molar-refractivity contribution is -0.178. The number of nitrogens with zero attached hydrogens (tertiary/aromatic N) is 5. The fourth-order valence-electron chi connectivity index (χ4n) is 3.77. The van der Waals surface area contributed by atoms with Gasteiger partial charge in [-0.1, -0.05) is 17.7 Å². The van der Waals surface area contributed by atoms with Gasteiger partial charge in [0.1, 0.15) is 12.7 Å². The average Bonchev–Trinajstić information content (AvgIpc) is 2.64. The Hall–Kier alpha value is -2.52. The summed E-state index contributed by atoms with van der Waals surface area (Å²) in [5.41, 5.74) is 1.87. The van der Waals surface area contributed by atoms with Crippen molar-refractivity contribution in [2.24, 2.45) is 0 Å². The van der Waals surface area contributed by atoms with E-state index in [-0.39, 0.29) is 37.5 Å². The van der Waals surface area contributed by atoms with Crippen molar-refractivity contribution in [2.45, 2.75) is 19.6 Å². The van der Waals surface area contributed by atoms with E-state index in [1.54, 1.807) is 23.0 Å². The van der Waals surface area contributed by atoms with Gasteiger partial charge in [-0.05, 0) is 24.6 Å². The number of hydrazine groups is 1. The molecule has 4 amide bonds. The van der Waals surface area contributed by atoms with Crippen LogP contribution in [0, 0.1) is 0 Å². The number of urea groups is 1. The lowest BCUT2D eigenvalue weighted by Gasteiger charge is -2.51. The first-order chi connectivity index (χ1) is 13.7. The molecule has 2 fully saturated rings. The van der Waals surface area contributed by atoms with E-state index >= 15 is 0 Å². The van der Waals surface area contributed by atoms with E-state index in [0.29, 0.717) is 18.1 Å². The van der Waals surface area contributed by atoms with Gasteiger partial charge in [0.15, 0.2) is 0 Å². The molecule has 3 rings (SSSR count). The zero-order valence-electron chi connectivity index (χ0n) is 17.2. The number of anilines is 1. The van der Waals surface area contributed by atoms with Crippen molar-refractivity contribution in [2.75, 3.05) is 52.2 Å². The molecule has 0 radical (unpaired) electrons. The van der Waals surface area contributed by atoms with Crippen molar-refractivity contribution in [1.29, 1.82) is 0 Å². The second-order valence-corrected chi connectivity index (χ2v) is 7.88. The Bertz CT molecular complexity index is 817. The molecule has 0 aliphatic carbocycles. The van der Waals surface area contributed by atoms with Crippen LogP contribution in [-0.2, 0) is 16.1 Å². The minimum absolute atomic E-state index is 0.0435. The van der Waals surface area contributed by atoms with E-state index in [1.165, 1.54) is 9.91 Å². The third kappa shape index (κ3) is 4.25. The van der Waals surface area contributed by atoms with E-state index in [9.17, 15) is 14.4 Å². The van der Waals surface area contributed by atoms with Gasteiger partial charge in [0, 0.05) is 44.9 Å². The number of halogens is 1. The molecule has 0 aromatic heterocycles. The van der Waals surface area contributed by atoms with Crippen molar-refractivity contribution in [3.05, 3.63) is 28.8 Å². The molecule has 1 atom stereocenters. The van der Waals surface area contributed by atoms with Crippen LogP contribution in [0.2, 0.25) is 5.02 Å². The van der Waals surface area contributed by atoms with E-state index in [2.05, 4.69) is 5.32 Å². The topological polar surface area (TPSA) is 79.4 Å². The third-order valence-electron chi connectivity index (χ3n) is 5.16. The first-order valence-electron chi connectivity index (χ1n) is 9.54. The lowest BCUT2D eigenvalue weighted by atomic mass is 10.1. The van der Waals surface area contributed by atoms with Crippen LogP contribution in [0.15, 0.2) is 18.2 Å². The maximum absolute atomic E-state index is 12.8. The first-order valence-corrected chi connectivity index (χ1v) is 9.91. The van der Waals surface area contributed by atoms with Gasteiger partial charge in [-0.2, -0.15) is 0 Å². The number of hydrogen-bond donors (Lipinski definition) is 1. The Morgan fingerprint density at radius 1 is 1.24 bits per heavy atom. The average molecular weight is 423 g/mol. The van der Waals surface area contributed by atoms with Crippen LogP contribution in [0.1, 0.15) is 12.5 Å². The van der Waals surface area contributed by atoms with Crippen LogP contribution in [0.5, 0.6) is 0 Å². The molecule has 29 heavy (non-hydrogen) atoms. The molecule has 2 aliphatic rings. The van der Waals surface area contributed by atoms with Crippen LogP contribution in [0.25, 0.3) is 0 Å². The van der Waals surface area contributed by atoms with E-state index < -0.39 is 6.17 Å². The van der Waals surface area contributed by atoms with Gasteiger partial charge in [0.05, 0.1) is 13.1 Å². The molecule has 1 aromatic carbocycles. The third-order valence-corrected chi connectivity index (χ3v) is 5.40. The molecule has 1 unspecified atom stereocenters. The second-order valence-electron chi connectivity index (χ2n) is 7.44. The zero-order valence-corrected chi connectivity index (χ0v) is 17.9. The maximum Gasteiger partial charge on any atom is 0.333 e. The number of carbonyl (C=O) groups excluding carboxylic acids is 3. The Kier molecular flexibility index (Phi) is 6.18. The highest BCUT2D eigenvalue weighted by Crippen LogP contribution is 2.27. The molecule has 0 saturated carbocycles. The molecular weight excluding hydrogens is 396 g/mol. The summed E-state index contributed by atoms with van der Waals surface area (Å²) in [6.07, 6.45) is -0.541. The molecule has 2 saturated heterocycles. The number of benzene rings is 1. The van der Waals surface area contributed by atoms with Gasteiger partial charge >= 0.3 is 6.03 Å². The van der Waals surface area contributed by atoms with Gasteiger partial charge in [0.2, 0.25) is 11.8 Å². The van der Waals surface area contributed by atoms with Gasteiger partial charge < -0.3 is 20.0 Å². The minimum Gasteiger partial charge on any atom is -0.377 e. The highest BCUT2D eigenvalue weighted by molar-refractivity contribution is 6.30. The van der Waals surface area contributed by atoms with Crippen LogP contribution >= 0.6 is 11.6 Å². The number of hydrogen-bond acceptors (Lipinski definition) is 5. The number of fused-ring (bicyclic) bond motifs is 1. The zero-order chi connectivity index (χ0) is 21.3. The Morgan fingerprint density at radius 3 is 2.62 bits per heavy atom. The summed E-state index contributed by atoms with van der Waals surface area (Å²) in [6.45, 7) is 2.94. The Balaban J connectivity index is 1.87. The Morgan fingerprint density at radius 2 is 1.97 bits per heavy atom. The molecule has 10 heteroatoms. The van der Waals surface area contributed by atoms with E-state index in [4.69, 9.17) is 11.6 Å². The molecule has 2 heterocycles. The number of likely N-dealkylation sites (N-methyl/N-ethyl adjacent to an activating group) is 1. The fourth-order valence-corrected chi connectivity index (χ4v) is 3.94. The van der Waals surface area contributed by atoms with Crippen LogP contribution in [0.3, 0.4) is 0 Å². The molecular formula is C19H27ClN6O3. The summed E-state index contributed by atoms with van der Waals surface area (Å²) in [5.74, 6) is -0.304. The molecule has 1 N–H and O–H groups in total. The van der Waals surface area contributed by atoms with Crippen molar-refractivity contribution in [3.8, 4) is 0 Å². The van der Waals surface area contributed by atoms with Crippen LogP contribution in [-0.4, -0.2) is 91.2 Å². The minimum atomic E-state index is -0.541. The van der Waals surface area contributed by atoms with Crippen LogP contribution in [0.4, 0.5) is 10.5 Å². The van der Waals surface area contributed by atoms with Crippen molar-refractivity contribution >= 4 is 35.1 Å². The quantitative estimate of drug-likeness (QED) is 0.776. The highest BCUT2D eigenvalue weighted by Gasteiger charge is 2.45. The number of amides is 4. The van der Waals surface area contributed by atoms with Gasteiger partial charge in [-0.15, -0.1) is 0 Å². The van der Waals surface area contributed by atoms with E-state index in [0.717, 1.165) is 11.3 Å². The second kappa shape index (κ2) is 8.46. The summed E-state index contributed by atoms with van der Waals surface area (Å²) in [5, 5.41) is 6.54. The molecule has 0 spiro atoms. The number of carbonyl (C=O) groups is 3. The fraction of sp³-hybridized carbons (Fsp3) is 0.526. The van der Waals surface area contributed by atoms with Gasteiger partial charge in [0.25, 0.3) is 0 Å². The van der Waals surface area contributed by atoms with Crippen molar-refractivity contribution in [3.63, 3.8) is 0 Å². The number of piperazine rings is 1. The normalized spacial score (nSPS) is 20.0. The highest BCUT2D eigenvalue weighted by atomic mass is 35.5.